The van der Waals surface area contributed by atoms with E-state index in [0.29, 0.717) is 11.7 Å². The molecule has 0 unspecified atom stereocenters. The Balaban J connectivity index is 1.69. The van der Waals surface area contributed by atoms with Crippen molar-refractivity contribution in [3.63, 3.8) is 0 Å². The van der Waals surface area contributed by atoms with Crippen molar-refractivity contribution < 1.29 is 4.74 Å². The summed E-state index contributed by atoms with van der Waals surface area (Å²) in [5, 5.41) is 7.27. The molecule has 0 spiro atoms. The van der Waals surface area contributed by atoms with Gasteiger partial charge in [0, 0.05) is 12.4 Å². The van der Waals surface area contributed by atoms with E-state index in [4.69, 9.17) is 4.74 Å². The van der Waals surface area contributed by atoms with E-state index in [2.05, 4.69) is 20.4 Å². The molecule has 0 aliphatic carbocycles. The first-order chi connectivity index (χ1) is 11.2. The number of ether oxygens (including phenoxy) is 1. The fourth-order valence-corrected chi connectivity index (χ4v) is 3.38. The van der Waals surface area contributed by atoms with Crippen molar-refractivity contribution in [2.24, 2.45) is 0 Å². The van der Waals surface area contributed by atoms with Gasteiger partial charge in [0.2, 0.25) is 5.88 Å². The van der Waals surface area contributed by atoms with Gasteiger partial charge in [-0.15, -0.1) is 11.3 Å². The highest BCUT2D eigenvalue weighted by molar-refractivity contribution is 7.17. The lowest BCUT2D eigenvalue weighted by Crippen LogP contribution is -1.96. The predicted molar refractivity (Wildman–Crippen MR) is 90.5 cm³/mol. The quantitative estimate of drug-likeness (QED) is 0.565. The Morgan fingerprint density at radius 1 is 1.09 bits per heavy atom. The molecule has 0 saturated carbocycles. The second-order valence-electron chi connectivity index (χ2n) is 5.22. The van der Waals surface area contributed by atoms with Gasteiger partial charge in [-0.05, 0) is 55.1 Å². The van der Waals surface area contributed by atoms with Gasteiger partial charge in [0.1, 0.15) is 16.4 Å². The lowest BCUT2D eigenvalue weighted by atomic mass is 10.2. The average molecular weight is 322 g/mol. The van der Waals surface area contributed by atoms with Crippen molar-refractivity contribution in [2.75, 3.05) is 0 Å². The molecule has 0 N–H and O–H groups in total. The third-order valence-electron chi connectivity index (χ3n) is 3.52. The minimum absolute atomic E-state index is 0.609. The molecule has 4 aromatic rings. The van der Waals surface area contributed by atoms with E-state index < -0.39 is 0 Å². The number of nitrogens with zero attached hydrogens (tertiary/aromatic N) is 4. The van der Waals surface area contributed by atoms with Crippen LogP contribution in [0.15, 0.2) is 48.1 Å². The molecule has 0 radical (unpaired) electrons. The number of rotatable bonds is 3. The molecule has 0 amide bonds. The second kappa shape index (κ2) is 5.48. The van der Waals surface area contributed by atoms with Crippen LogP contribution in [0.3, 0.4) is 0 Å². The Kier molecular flexibility index (Phi) is 3.31. The van der Waals surface area contributed by atoms with E-state index in [1.807, 2.05) is 50.4 Å². The summed E-state index contributed by atoms with van der Waals surface area (Å²) in [5.74, 6) is 2.06. The molecule has 5 nitrogen and oxygen atoms in total. The summed E-state index contributed by atoms with van der Waals surface area (Å²) in [4.78, 5) is 9.88. The maximum absolute atomic E-state index is 6.01. The molecule has 0 aliphatic rings. The molecule has 114 valence electrons. The zero-order valence-electron chi connectivity index (χ0n) is 12.7. The Labute approximate surface area is 137 Å². The highest BCUT2D eigenvalue weighted by atomic mass is 32.1. The summed E-state index contributed by atoms with van der Waals surface area (Å²) in [6, 6.07) is 9.66. The number of hydrogen-bond donors (Lipinski definition) is 0. The van der Waals surface area contributed by atoms with Gasteiger partial charge in [-0.3, -0.25) is 0 Å². The number of hydrogen-bond acceptors (Lipinski definition) is 5. The summed E-state index contributed by atoms with van der Waals surface area (Å²) >= 11 is 1.61. The van der Waals surface area contributed by atoms with E-state index in [-0.39, 0.29) is 0 Å². The highest BCUT2D eigenvalue weighted by Gasteiger charge is 2.12. The maximum Gasteiger partial charge on any atom is 0.231 e. The summed E-state index contributed by atoms with van der Waals surface area (Å²) in [6.45, 7) is 3.92. The Morgan fingerprint density at radius 2 is 1.91 bits per heavy atom. The van der Waals surface area contributed by atoms with Crippen LogP contribution in [-0.2, 0) is 0 Å². The standard InChI is InChI=1S/C17H14N4OS/c1-11-10-23-17-15(11)16(19-12(2)20-17)22-14-6-4-13(5-7-14)21-9-3-8-18-21/h3-10H,1-2H3. The number of thiophene rings is 1. The number of aromatic nitrogens is 4. The van der Waals surface area contributed by atoms with Gasteiger partial charge in [0.05, 0.1) is 11.1 Å². The zero-order chi connectivity index (χ0) is 15.8. The van der Waals surface area contributed by atoms with Crippen LogP contribution >= 0.6 is 11.3 Å². The smallest absolute Gasteiger partial charge is 0.231 e. The van der Waals surface area contributed by atoms with Crippen LogP contribution in [0.2, 0.25) is 0 Å². The molecular weight excluding hydrogens is 308 g/mol. The first kappa shape index (κ1) is 13.9. The largest absolute Gasteiger partial charge is 0.438 e. The fraction of sp³-hybridized carbons (Fsp3) is 0.118. The lowest BCUT2D eigenvalue weighted by molar-refractivity contribution is 0.466. The average Bonchev–Trinajstić information content (AvgIpc) is 3.18. The van der Waals surface area contributed by atoms with Crippen molar-refractivity contribution in [1.82, 2.24) is 19.7 Å². The van der Waals surface area contributed by atoms with E-state index >= 15 is 0 Å². The SMILES string of the molecule is Cc1nc(Oc2ccc(-n3cccn3)cc2)c2c(C)csc2n1. The molecule has 3 heterocycles. The van der Waals surface area contributed by atoms with Crippen LogP contribution in [-0.4, -0.2) is 19.7 Å². The normalized spacial score (nSPS) is 11.0. The molecular formula is C17H14N4OS. The third kappa shape index (κ3) is 2.57. The Hall–Kier alpha value is -2.73. The summed E-state index contributed by atoms with van der Waals surface area (Å²) in [7, 11) is 0. The second-order valence-corrected chi connectivity index (χ2v) is 6.08. The van der Waals surface area contributed by atoms with E-state index in [9.17, 15) is 0 Å². The molecule has 0 fully saturated rings. The number of benzene rings is 1. The van der Waals surface area contributed by atoms with E-state index in [1.165, 1.54) is 0 Å². The Bertz CT molecular complexity index is 958. The molecule has 4 rings (SSSR count). The number of aryl methyl sites for hydroxylation is 2. The lowest BCUT2D eigenvalue weighted by Gasteiger charge is -2.08. The minimum Gasteiger partial charge on any atom is -0.438 e. The first-order valence-corrected chi connectivity index (χ1v) is 8.09. The van der Waals surface area contributed by atoms with Crippen LogP contribution in [0.5, 0.6) is 11.6 Å². The third-order valence-corrected chi connectivity index (χ3v) is 4.51. The number of fused-ring (bicyclic) bond motifs is 1. The molecule has 0 saturated heterocycles. The van der Waals surface area contributed by atoms with Gasteiger partial charge in [0.15, 0.2) is 0 Å². The highest BCUT2D eigenvalue weighted by Crippen LogP contribution is 2.33. The van der Waals surface area contributed by atoms with Gasteiger partial charge in [-0.1, -0.05) is 0 Å². The van der Waals surface area contributed by atoms with Crippen molar-refractivity contribution in [2.45, 2.75) is 13.8 Å². The summed E-state index contributed by atoms with van der Waals surface area (Å²) in [5.41, 5.74) is 2.12. The van der Waals surface area contributed by atoms with Gasteiger partial charge < -0.3 is 4.74 Å². The molecule has 23 heavy (non-hydrogen) atoms. The molecule has 0 bridgehead atoms. The van der Waals surface area contributed by atoms with Crippen molar-refractivity contribution >= 4 is 21.6 Å². The van der Waals surface area contributed by atoms with Crippen molar-refractivity contribution in [3.8, 4) is 17.3 Å². The molecule has 0 atom stereocenters. The van der Waals surface area contributed by atoms with Crippen LogP contribution in [0.1, 0.15) is 11.4 Å². The molecule has 0 aliphatic heterocycles. The molecule has 1 aromatic carbocycles. The van der Waals surface area contributed by atoms with Gasteiger partial charge in [0.25, 0.3) is 0 Å². The van der Waals surface area contributed by atoms with E-state index in [0.717, 1.165) is 27.2 Å². The first-order valence-electron chi connectivity index (χ1n) is 7.21. The Morgan fingerprint density at radius 3 is 2.65 bits per heavy atom. The van der Waals surface area contributed by atoms with E-state index in [1.54, 1.807) is 22.2 Å². The van der Waals surface area contributed by atoms with Crippen LogP contribution < -0.4 is 4.74 Å². The van der Waals surface area contributed by atoms with Gasteiger partial charge in [-0.2, -0.15) is 10.1 Å². The topological polar surface area (TPSA) is 52.8 Å². The van der Waals surface area contributed by atoms with Crippen molar-refractivity contribution in [3.05, 3.63) is 59.5 Å². The van der Waals surface area contributed by atoms with Crippen LogP contribution in [0.25, 0.3) is 15.9 Å². The fourth-order valence-electron chi connectivity index (χ4n) is 2.42. The van der Waals surface area contributed by atoms with Gasteiger partial charge >= 0.3 is 0 Å². The molecule has 3 aromatic heterocycles. The zero-order valence-corrected chi connectivity index (χ0v) is 13.5. The minimum atomic E-state index is 0.609. The van der Waals surface area contributed by atoms with Crippen LogP contribution in [0, 0.1) is 13.8 Å². The monoisotopic (exact) mass is 322 g/mol. The maximum atomic E-state index is 6.01. The summed E-state index contributed by atoms with van der Waals surface area (Å²) < 4.78 is 7.82. The predicted octanol–water partition coefficient (Wildman–Crippen LogP) is 4.29. The van der Waals surface area contributed by atoms with Crippen LogP contribution in [0.4, 0.5) is 0 Å². The van der Waals surface area contributed by atoms with Crippen molar-refractivity contribution in [1.29, 1.82) is 0 Å². The summed E-state index contributed by atoms with van der Waals surface area (Å²) in [6.07, 6.45) is 3.66. The van der Waals surface area contributed by atoms with Gasteiger partial charge in [-0.25, -0.2) is 9.67 Å². The molecule has 6 heteroatoms.